The summed E-state index contributed by atoms with van der Waals surface area (Å²) in [6, 6.07) is 2.23. The number of aryl methyl sites for hydroxylation is 1. The van der Waals surface area contributed by atoms with Crippen molar-refractivity contribution in [3.8, 4) is 0 Å². The maximum atomic E-state index is 6.00. The van der Waals surface area contributed by atoms with Crippen molar-refractivity contribution in [2.45, 2.75) is 30.6 Å². The quantitative estimate of drug-likeness (QED) is 0.851. The SMILES string of the molecule is Cc1csc(C2(C)CC3(COC3)SC(N)=N2)c1. The Morgan fingerprint density at radius 3 is 2.76 bits per heavy atom. The number of hydrogen-bond acceptors (Lipinski definition) is 5. The molecule has 2 N–H and O–H groups in total. The van der Waals surface area contributed by atoms with E-state index in [1.807, 2.05) is 0 Å². The molecule has 1 saturated heterocycles. The van der Waals surface area contributed by atoms with Gasteiger partial charge in [0.25, 0.3) is 0 Å². The topological polar surface area (TPSA) is 47.6 Å². The Morgan fingerprint density at radius 2 is 2.24 bits per heavy atom. The van der Waals surface area contributed by atoms with Gasteiger partial charge in [0.2, 0.25) is 0 Å². The van der Waals surface area contributed by atoms with Gasteiger partial charge in [0.15, 0.2) is 5.17 Å². The number of amidine groups is 1. The zero-order chi connectivity index (χ0) is 12.1. The summed E-state index contributed by atoms with van der Waals surface area (Å²) in [5.74, 6) is 0. The van der Waals surface area contributed by atoms with E-state index in [0.29, 0.717) is 5.17 Å². The Bertz CT molecular complexity index is 479. The van der Waals surface area contributed by atoms with Crippen LogP contribution in [-0.2, 0) is 10.3 Å². The highest BCUT2D eigenvalue weighted by Gasteiger charge is 2.49. The van der Waals surface area contributed by atoms with Crippen LogP contribution in [0.25, 0.3) is 0 Å². The lowest BCUT2D eigenvalue weighted by molar-refractivity contribution is -0.0207. The highest BCUT2D eigenvalue weighted by molar-refractivity contribution is 8.15. The first-order valence-corrected chi connectivity index (χ1v) is 7.39. The monoisotopic (exact) mass is 268 g/mol. The van der Waals surface area contributed by atoms with E-state index in [1.54, 1.807) is 23.1 Å². The van der Waals surface area contributed by atoms with Crippen LogP contribution in [0.15, 0.2) is 16.4 Å². The van der Waals surface area contributed by atoms with Crippen molar-refractivity contribution >= 4 is 28.3 Å². The van der Waals surface area contributed by atoms with Crippen LogP contribution in [0.1, 0.15) is 23.8 Å². The van der Waals surface area contributed by atoms with Gasteiger partial charge in [0.1, 0.15) is 0 Å². The number of nitrogens with zero attached hydrogens (tertiary/aromatic N) is 1. The largest absolute Gasteiger partial charge is 0.378 e. The van der Waals surface area contributed by atoms with Crippen molar-refractivity contribution in [3.63, 3.8) is 0 Å². The van der Waals surface area contributed by atoms with Crippen molar-refractivity contribution in [2.75, 3.05) is 13.2 Å². The summed E-state index contributed by atoms with van der Waals surface area (Å²) >= 11 is 3.47. The Balaban J connectivity index is 1.98. The van der Waals surface area contributed by atoms with Crippen molar-refractivity contribution in [3.05, 3.63) is 21.9 Å². The first-order chi connectivity index (χ1) is 8.01. The molecule has 1 fully saturated rings. The van der Waals surface area contributed by atoms with E-state index < -0.39 is 0 Å². The molecule has 17 heavy (non-hydrogen) atoms. The zero-order valence-electron chi connectivity index (χ0n) is 10.0. The number of aliphatic imine (C=N–C) groups is 1. The average Bonchev–Trinajstić information content (AvgIpc) is 2.62. The predicted octanol–water partition coefficient (Wildman–Crippen LogP) is 2.49. The molecule has 0 saturated carbocycles. The van der Waals surface area contributed by atoms with Crippen molar-refractivity contribution in [1.82, 2.24) is 0 Å². The predicted molar refractivity (Wildman–Crippen MR) is 73.8 cm³/mol. The summed E-state index contributed by atoms with van der Waals surface area (Å²) < 4.78 is 5.54. The van der Waals surface area contributed by atoms with Crippen molar-refractivity contribution in [2.24, 2.45) is 10.7 Å². The summed E-state index contributed by atoms with van der Waals surface area (Å²) in [6.07, 6.45) is 1.02. The molecule has 0 amide bonds. The number of ether oxygens (including phenoxy) is 1. The van der Waals surface area contributed by atoms with E-state index in [0.717, 1.165) is 19.6 Å². The Hall–Kier alpha value is -0.520. The fourth-order valence-corrected chi connectivity index (χ4v) is 4.87. The van der Waals surface area contributed by atoms with Crippen molar-refractivity contribution < 1.29 is 4.74 Å². The number of thiophene rings is 1. The van der Waals surface area contributed by atoms with E-state index >= 15 is 0 Å². The number of thioether (sulfide) groups is 1. The third-order valence-electron chi connectivity index (χ3n) is 3.34. The van der Waals surface area contributed by atoms with Gasteiger partial charge in [-0.15, -0.1) is 11.3 Å². The molecule has 1 aromatic heterocycles. The van der Waals surface area contributed by atoms with Crippen LogP contribution < -0.4 is 5.73 Å². The van der Waals surface area contributed by atoms with E-state index in [2.05, 4.69) is 30.3 Å². The number of hydrogen-bond donors (Lipinski definition) is 1. The van der Waals surface area contributed by atoms with E-state index in [4.69, 9.17) is 10.5 Å². The first kappa shape index (κ1) is 11.6. The van der Waals surface area contributed by atoms with Gasteiger partial charge in [0, 0.05) is 4.88 Å². The zero-order valence-corrected chi connectivity index (χ0v) is 11.7. The second-order valence-corrected chi connectivity index (χ2v) is 7.57. The highest BCUT2D eigenvalue weighted by atomic mass is 32.2. The van der Waals surface area contributed by atoms with Gasteiger partial charge in [-0.25, -0.2) is 0 Å². The molecule has 2 aliphatic rings. The van der Waals surface area contributed by atoms with Crippen LogP contribution >= 0.6 is 23.1 Å². The Labute approximate surface area is 109 Å². The van der Waals surface area contributed by atoms with Gasteiger partial charge in [0.05, 0.1) is 23.5 Å². The second-order valence-electron chi connectivity index (χ2n) is 5.17. The van der Waals surface area contributed by atoms with Crippen molar-refractivity contribution in [1.29, 1.82) is 0 Å². The molecule has 0 aromatic carbocycles. The van der Waals surface area contributed by atoms with Gasteiger partial charge in [-0.1, -0.05) is 11.8 Å². The Kier molecular flexibility index (Phi) is 2.54. The summed E-state index contributed by atoms with van der Waals surface area (Å²) in [4.78, 5) is 6.00. The fraction of sp³-hybridized carbons (Fsp3) is 0.583. The van der Waals surface area contributed by atoms with Gasteiger partial charge < -0.3 is 10.5 Å². The molecule has 3 heterocycles. The molecule has 2 aliphatic heterocycles. The molecular weight excluding hydrogens is 252 g/mol. The molecular formula is C12H16N2OS2. The van der Waals surface area contributed by atoms with Crippen LogP contribution in [-0.4, -0.2) is 23.1 Å². The molecule has 0 bridgehead atoms. The average molecular weight is 268 g/mol. The lowest BCUT2D eigenvalue weighted by Crippen LogP contribution is -2.54. The molecule has 3 nitrogen and oxygen atoms in total. The molecule has 0 radical (unpaired) electrons. The minimum atomic E-state index is -0.169. The molecule has 1 spiro atoms. The molecule has 0 aliphatic carbocycles. The van der Waals surface area contributed by atoms with E-state index in [-0.39, 0.29) is 10.3 Å². The van der Waals surface area contributed by atoms with Gasteiger partial charge in [-0.3, -0.25) is 4.99 Å². The Morgan fingerprint density at radius 1 is 1.47 bits per heavy atom. The molecule has 1 aromatic rings. The number of rotatable bonds is 1. The van der Waals surface area contributed by atoms with Gasteiger partial charge >= 0.3 is 0 Å². The minimum Gasteiger partial charge on any atom is -0.378 e. The summed E-state index contributed by atoms with van der Waals surface area (Å²) in [5, 5.41) is 2.88. The molecule has 92 valence electrons. The molecule has 5 heteroatoms. The summed E-state index contributed by atoms with van der Waals surface area (Å²) in [5.41, 5.74) is 7.14. The smallest absolute Gasteiger partial charge is 0.155 e. The summed E-state index contributed by atoms with van der Waals surface area (Å²) in [7, 11) is 0. The summed E-state index contributed by atoms with van der Waals surface area (Å²) in [6.45, 7) is 5.91. The minimum absolute atomic E-state index is 0.165. The third-order valence-corrected chi connectivity index (χ3v) is 5.75. The first-order valence-electron chi connectivity index (χ1n) is 5.69. The second kappa shape index (κ2) is 3.73. The normalized spacial score (nSPS) is 31.1. The lowest BCUT2D eigenvalue weighted by Gasteiger charge is -2.47. The maximum Gasteiger partial charge on any atom is 0.155 e. The third kappa shape index (κ3) is 1.90. The fourth-order valence-electron chi connectivity index (χ4n) is 2.54. The standard InChI is InChI=1S/C12H16N2OS2/c1-8-3-9(16-4-8)11(2)5-12(6-15-7-12)17-10(13)14-11/h3-4H,5-7H2,1-2H3,(H2,13,14). The number of nitrogens with two attached hydrogens (primary N) is 1. The van der Waals surface area contributed by atoms with Gasteiger partial charge in [-0.2, -0.15) is 0 Å². The molecule has 1 atom stereocenters. The molecule has 1 unspecified atom stereocenters. The highest BCUT2D eigenvalue weighted by Crippen LogP contribution is 2.49. The van der Waals surface area contributed by atoms with Crippen LogP contribution in [0.5, 0.6) is 0 Å². The van der Waals surface area contributed by atoms with Crippen LogP contribution in [0, 0.1) is 6.92 Å². The van der Waals surface area contributed by atoms with Crippen LogP contribution in [0.4, 0.5) is 0 Å². The van der Waals surface area contributed by atoms with E-state index in [9.17, 15) is 0 Å². The van der Waals surface area contributed by atoms with Gasteiger partial charge in [-0.05, 0) is 37.3 Å². The van der Waals surface area contributed by atoms with Crippen LogP contribution in [0.2, 0.25) is 0 Å². The molecule has 3 rings (SSSR count). The lowest BCUT2D eigenvalue weighted by atomic mass is 9.86. The van der Waals surface area contributed by atoms with E-state index in [1.165, 1.54) is 10.4 Å². The van der Waals surface area contributed by atoms with Crippen LogP contribution in [0.3, 0.4) is 0 Å². The maximum absolute atomic E-state index is 6.00.